The second-order valence-corrected chi connectivity index (χ2v) is 4.86. The van der Waals surface area contributed by atoms with Gasteiger partial charge < -0.3 is 10.5 Å². The first kappa shape index (κ1) is 15.4. The average Bonchev–Trinajstić information content (AvgIpc) is 2.50. The third-order valence-corrected chi connectivity index (χ3v) is 3.42. The Kier molecular flexibility index (Phi) is 4.85. The summed E-state index contributed by atoms with van der Waals surface area (Å²) >= 11 is 0. The van der Waals surface area contributed by atoms with Gasteiger partial charge in [-0.25, -0.2) is 4.39 Å². The van der Waals surface area contributed by atoms with Gasteiger partial charge in [0, 0.05) is 12.1 Å². The highest BCUT2D eigenvalue weighted by molar-refractivity contribution is 5.40. The molecule has 1 aromatic carbocycles. The maximum absolute atomic E-state index is 13.8. The summed E-state index contributed by atoms with van der Waals surface area (Å²) in [4.78, 5) is 0. The molecule has 2 aromatic rings. The number of aromatic nitrogens is 2. The van der Waals surface area contributed by atoms with Gasteiger partial charge in [0.15, 0.2) is 11.6 Å². The van der Waals surface area contributed by atoms with E-state index < -0.39 is 5.82 Å². The van der Waals surface area contributed by atoms with Crippen LogP contribution in [0.15, 0.2) is 18.2 Å². The maximum atomic E-state index is 13.8. The number of nitrogens with two attached hydrogens (primary N) is 1. The van der Waals surface area contributed by atoms with Gasteiger partial charge in [-0.2, -0.15) is 5.10 Å². The van der Waals surface area contributed by atoms with Crippen LogP contribution in [0.4, 0.5) is 4.39 Å². The predicted molar refractivity (Wildman–Crippen MR) is 79.9 cm³/mol. The Bertz CT molecular complexity index is 644. The van der Waals surface area contributed by atoms with Crippen molar-refractivity contribution in [1.29, 1.82) is 0 Å². The molecule has 0 aliphatic rings. The molecule has 21 heavy (non-hydrogen) atoms. The van der Waals surface area contributed by atoms with Crippen LogP contribution in [0.1, 0.15) is 36.2 Å². The van der Waals surface area contributed by atoms with E-state index in [2.05, 4.69) is 10.2 Å². The highest BCUT2D eigenvalue weighted by Crippen LogP contribution is 2.29. The molecule has 1 aromatic heterocycles. The van der Waals surface area contributed by atoms with Crippen molar-refractivity contribution < 1.29 is 9.13 Å². The molecular formula is C16H20FN3O. The molecule has 1 heterocycles. The molecule has 0 bridgehead atoms. The molecule has 112 valence electrons. The second kappa shape index (κ2) is 6.63. The van der Waals surface area contributed by atoms with Gasteiger partial charge in [-0.1, -0.05) is 19.9 Å². The summed E-state index contributed by atoms with van der Waals surface area (Å²) in [6.07, 6.45) is 1.57. The lowest BCUT2D eigenvalue weighted by Gasteiger charge is -2.14. The van der Waals surface area contributed by atoms with Crippen molar-refractivity contribution in [3.63, 3.8) is 0 Å². The summed E-state index contributed by atoms with van der Waals surface area (Å²) < 4.78 is 19.4. The average molecular weight is 289 g/mol. The molecule has 0 fully saturated rings. The van der Waals surface area contributed by atoms with Crippen LogP contribution in [0.5, 0.6) is 11.6 Å². The highest BCUT2D eigenvalue weighted by atomic mass is 19.1. The van der Waals surface area contributed by atoms with Crippen molar-refractivity contribution in [2.45, 2.75) is 40.2 Å². The van der Waals surface area contributed by atoms with E-state index in [0.29, 0.717) is 0 Å². The van der Waals surface area contributed by atoms with Crippen LogP contribution in [0.3, 0.4) is 0 Å². The van der Waals surface area contributed by atoms with Gasteiger partial charge in [0.2, 0.25) is 5.88 Å². The van der Waals surface area contributed by atoms with Gasteiger partial charge in [0.1, 0.15) is 0 Å². The predicted octanol–water partition coefficient (Wildman–Crippen LogP) is 3.30. The minimum absolute atomic E-state index is 0.144. The van der Waals surface area contributed by atoms with Crippen LogP contribution >= 0.6 is 0 Å². The maximum Gasteiger partial charge on any atom is 0.243 e. The van der Waals surface area contributed by atoms with Gasteiger partial charge in [0.25, 0.3) is 0 Å². The molecule has 0 amide bonds. The van der Waals surface area contributed by atoms with Crippen LogP contribution in [-0.2, 0) is 19.4 Å². The number of benzene rings is 1. The minimum atomic E-state index is -0.428. The van der Waals surface area contributed by atoms with E-state index in [4.69, 9.17) is 10.5 Å². The van der Waals surface area contributed by atoms with Crippen LogP contribution in [0, 0.1) is 12.7 Å². The number of rotatable bonds is 5. The van der Waals surface area contributed by atoms with Crippen LogP contribution in [0.25, 0.3) is 0 Å². The zero-order chi connectivity index (χ0) is 15.4. The SMILES string of the molecule is CCc1nnc(Oc2cc(C)ccc2F)c(CN)c1CC. The number of hydrogen-bond donors (Lipinski definition) is 1. The monoisotopic (exact) mass is 289 g/mol. The molecule has 2 N–H and O–H groups in total. The Morgan fingerprint density at radius 3 is 2.52 bits per heavy atom. The van der Waals surface area contributed by atoms with E-state index in [1.54, 1.807) is 12.1 Å². The Balaban J connectivity index is 2.47. The molecule has 0 saturated heterocycles. The Morgan fingerprint density at radius 2 is 1.90 bits per heavy atom. The molecule has 5 heteroatoms. The van der Waals surface area contributed by atoms with Crippen molar-refractivity contribution >= 4 is 0 Å². The normalized spacial score (nSPS) is 10.7. The van der Waals surface area contributed by atoms with Crippen molar-refractivity contribution in [3.8, 4) is 11.6 Å². The number of halogens is 1. The van der Waals surface area contributed by atoms with Crippen molar-refractivity contribution in [2.24, 2.45) is 5.73 Å². The van der Waals surface area contributed by atoms with Gasteiger partial charge in [-0.05, 0) is 43.0 Å². The number of ether oxygens (including phenoxy) is 1. The zero-order valence-electron chi connectivity index (χ0n) is 12.6. The van der Waals surface area contributed by atoms with Crippen LogP contribution in [0.2, 0.25) is 0 Å². The summed E-state index contributed by atoms with van der Waals surface area (Å²) in [5, 5.41) is 8.25. The van der Waals surface area contributed by atoms with E-state index in [1.165, 1.54) is 6.07 Å². The van der Waals surface area contributed by atoms with Gasteiger partial charge in [-0.15, -0.1) is 5.10 Å². The fourth-order valence-corrected chi connectivity index (χ4v) is 2.32. The lowest BCUT2D eigenvalue weighted by Crippen LogP contribution is -2.11. The fraction of sp³-hybridized carbons (Fsp3) is 0.375. The third kappa shape index (κ3) is 3.19. The summed E-state index contributed by atoms with van der Waals surface area (Å²) in [6, 6.07) is 4.70. The van der Waals surface area contributed by atoms with Gasteiger partial charge in [0.05, 0.1) is 5.69 Å². The summed E-state index contributed by atoms with van der Waals surface area (Å²) in [5.74, 6) is 0.00402. The molecular weight excluding hydrogens is 269 g/mol. The van der Waals surface area contributed by atoms with E-state index in [-0.39, 0.29) is 18.2 Å². The zero-order valence-corrected chi connectivity index (χ0v) is 12.6. The first-order valence-electron chi connectivity index (χ1n) is 7.12. The lowest BCUT2D eigenvalue weighted by atomic mass is 10.0. The molecule has 0 radical (unpaired) electrons. The molecule has 0 unspecified atom stereocenters. The van der Waals surface area contributed by atoms with E-state index >= 15 is 0 Å². The first-order valence-corrected chi connectivity index (χ1v) is 7.12. The molecule has 0 spiro atoms. The highest BCUT2D eigenvalue weighted by Gasteiger charge is 2.16. The van der Waals surface area contributed by atoms with Crippen LogP contribution in [-0.4, -0.2) is 10.2 Å². The quantitative estimate of drug-likeness (QED) is 0.917. The van der Waals surface area contributed by atoms with Crippen molar-refractivity contribution in [2.75, 3.05) is 0 Å². The van der Waals surface area contributed by atoms with Crippen molar-refractivity contribution in [1.82, 2.24) is 10.2 Å². The van der Waals surface area contributed by atoms with E-state index in [0.717, 1.165) is 35.2 Å². The number of aryl methyl sites for hydroxylation is 2. The standard InChI is InChI=1S/C16H20FN3O/c1-4-11-12(9-18)16(20-19-14(11)5-2)21-15-8-10(3)6-7-13(15)17/h6-8H,4-5,9,18H2,1-3H3. The van der Waals surface area contributed by atoms with E-state index in [9.17, 15) is 4.39 Å². The minimum Gasteiger partial charge on any atom is -0.434 e. The Labute approximate surface area is 124 Å². The lowest BCUT2D eigenvalue weighted by molar-refractivity contribution is 0.414. The molecule has 0 atom stereocenters. The summed E-state index contributed by atoms with van der Waals surface area (Å²) in [7, 11) is 0. The second-order valence-electron chi connectivity index (χ2n) is 4.86. The first-order chi connectivity index (χ1) is 10.1. The molecule has 2 rings (SSSR count). The third-order valence-electron chi connectivity index (χ3n) is 3.42. The largest absolute Gasteiger partial charge is 0.434 e. The number of hydrogen-bond acceptors (Lipinski definition) is 4. The smallest absolute Gasteiger partial charge is 0.243 e. The Hall–Kier alpha value is -2.01. The molecule has 0 saturated carbocycles. The fourth-order valence-electron chi connectivity index (χ4n) is 2.32. The molecule has 4 nitrogen and oxygen atoms in total. The van der Waals surface area contributed by atoms with Crippen molar-refractivity contribution in [3.05, 3.63) is 46.4 Å². The summed E-state index contributed by atoms with van der Waals surface area (Å²) in [5.41, 5.74) is 9.49. The van der Waals surface area contributed by atoms with Gasteiger partial charge >= 0.3 is 0 Å². The topological polar surface area (TPSA) is 61.0 Å². The molecule has 0 aliphatic heterocycles. The molecule has 0 aliphatic carbocycles. The summed E-state index contributed by atoms with van der Waals surface area (Å²) in [6.45, 7) is 6.21. The Morgan fingerprint density at radius 1 is 1.14 bits per heavy atom. The van der Waals surface area contributed by atoms with E-state index in [1.807, 2.05) is 20.8 Å². The number of nitrogens with zero attached hydrogens (tertiary/aromatic N) is 2. The van der Waals surface area contributed by atoms with Crippen LogP contribution < -0.4 is 10.5 Å². The van der Waals surface area contributed by atoms with Gasteiger partial charge in [-0.3, -0.25) is 0 Å².